The molecule has 120 valence electrons. The molecule has 1 atom stereocenters. The van der Waals surface area contributed by atoms with Crippen LogP contribution < -0.4 is 16.0 Å². The van der Waals surface area contributed by atoms with Gasteiger partial charge in [0.15, 0.2) is 0 Å². The molecule has 0 saturated heterocycles. The van der Waals surface area contributed by atoms with Gasteiger partial charge in [0.05, 0.1) is 6.54 Å². The van der Waals surface area contributed by atoms with Crippen LogP contribution in [0.4, 0.5) is 0 Å². The fourth-order valence-corrected chi connectivity index (χ4v) is 1.56. The van der Waals surface area contributed by atoms with Crippen molar-refractivity contribution in [2.45, 2.75) is 51.6 Å². The zero-order valence-corrected chi connectivity index (χ0v) is 12.6. The maximum Gasteiger partial charge on any atom is 0.303 e. The van der Waals surface area contributed by atoms with Gasteiger partial charge >= 0.3 is 5.97 Å². The van der Waals surface area contributed by atoms with Gasteiger partial charge in [-0.05, 0) is 33.6 Å². The maximum absolute atomic E-state index is 12.1. The first-order valence-electron chi connectivity index (χ1n) is 6.66. The highest BCUT2D eigenvalue weighted by Gasteiger charge is 2.24. The highest BCUT2D eigenvalue weighted by molar-refractivity contribution is 5.89. The third-order valence-electron chi connectivity index (χ3n) is 2.38. The summed E-state index contributed by atoms with van der Waals surface area (Å²) in [5, 5.41) is 16.0. The number of hydrogen-bond acceptors (Lipinski definition) is 4. The molecular formula is C13H23N3O5. The molecule has 0 fully saturated rings. The summed E-state index contributed by atoms with van der Waals surface area (Å²) >= 11 is 0. The Morgan fingerprint density at radius 3 is 2.33 bits per heavy atom. The number of rotatable bonds is 9. The number of aliphatic carboxylic acids is 1. The number of carboxylic acids is 1. The summed E-state index contributed by atoms with van der Waals surface area (Å²) in [5.74, 6) is -1.85. The van der Waals surface area contributed by atoms with E-state index in [1.807, 2.05) is 0 Å². The van der Waals surface area contributed by atoms with Crippen molar-refractivity contribution in [3.05, 3.63) is 0 Å². The van der Waals surface area contributed by atoms with Gasteiger partial charge in [-0.1, -0.05) is 0 Å². The average Bonchev–Trinajstić information content (AvgIpc) is 2.32. The van der Waals surface area contributed by atoms with Crippen LogP contribution >= 0.6 is 0 Å². The summed E-state index contributed by atoms with van der Waals surface area (Å²) in [7, 11) is 0. The Kier molecular flexibility index (Phi) is 8.03. The van der Waals surface area contributed by atoms with Gasteiger partial charge in [-0.3, -0.25) is 19.2 Å². The second-order valence-electron chi connectivity index (χ2n) is 5.64. The Morgan fingerprint density at radius 1 is 1.24 bits per heavy atom. The van der Waals surface area contributed by atoms with Crippen molar-refractivity contribution in [2.75, 3.05) is 6.54 Å². The predicted octanol–water partition coefficient (Wildman–Crippen LogP) is -0.613. The molecule has 0 aliphatic heterocycles. The Hall–Kier alpha value is -2.12. The van der Waals surface area contributed by atoms with Crippen molar-refractivity contribution in [1.29, 1.82) is 0 Å². The summed E-state index contributed by atoms with van der Waals surface area (Å²) in [6, 6.07) is -0.829. The van der Waals surface area contributed by atoms with E-state index in [0.717, 1.165) is 0 Å². The van der Waals surface area contributed by atoms with E-state index in [1.165, 1.54) is 0 Å². The first kappa shape index (κ1) is 18.9. The molecule has 0 rings (SSSR count). The van der Waals surface area contributed by atoms with Crippen LogP contribution in [0, 0.1) is 0 Å². The quantitative estimate of drug-likeness (QED) is 0.423. The molecule has 0 saturated carbocycles. The predicted molar refractivity (Wildman–Crippen MR) is 75.4 cm³/mol. The number of carbonyl (C=O) groups is 4. The summed E-state index contributed by atoms with van der Waals surface area (Å²) < 4.78 is 0. The first-order valence-corrected chi connectivity index (χ1v) is 6.66. The number of amides is 3. The zero-order valence-electron chi connectivity index (χ0n) is 12.6. The zero-order chi connectivity index (χ0) is 16.5. The van der Waals surface area contributed by atoms with Crippen LogP contribution in [0.25, 0.3) is 0 Å². The molecule has 0 radical (unpaired) electrons. The van der Waals surface area contributed by atoms with E-state index in [0.29, 0.717) is 6.41 Å². The molecule has 0 aliphatic rings. The van der Waals surface area contributed by atoms with E-state index in [4.69, 9.17) is 5.11 Å². The maximum atomic E-state index is 12.1. The smallest absolute Gasteiger partial charge is 0.303 e. The first-order chi connectivity index (χ1) is 9.65. The van der Waals surface area contributed by atoms with E-state index in [1.54, 1.807) is 20.8 Å². The molecule has 0 heterocycles. The largest absolute Gasteiger partial charge is 0.481 e. The van der Waals surface area contributed by atoms with Gasteiger partial charge < -0.3 is 21.1 Å². The SMILES string of the molecule is CC(C)(C)NC(=O)C(CCCC(=O)O)NC(=O)CNC=O. The molecule has 21 heavy (non-hydrogen) atoms. The van der Waals surface area contributed by atoms with Gasteiger partial charge in [-0.25, -0.2) is 0 Å². The summed E-state index contributed by atoms with van der Waals surface area (Å²) in [6.07, 6.45) is 0.774. The van der Waals surface area contributed by atoms with E-state index in [2.05, 4.69) is 16.0 Å². The van der Waals surface area contributed by atoms with Crippen LogP contribution in [-0.2, 0) is 19.2 Å². The fraction of sp³-hybridized carbons (Fsp3) is 0.692. The topological polar surface area (TPSA) is 125 Å². The molecule has 3 amide bonds. The van der Waals surface area contributed by atoms with Crippen LogP contribution in [0.1, 0.15) is 40.0 Å². The van der Waals surface area contributed by atoms with E-state index >= 15 is 0 Å². The van der Waals surface area contributed by atoms with Gasteiger partial charge in [0, 0.05) is 12.0 Å². The van der Waals surface area contributed by atoms with E-state index in [9.17, 15) is 19.2 Å². The van der Waals surface area contributed by atoms with Crippen molar-refractivity contribution < 1.29 is 24.3 Å². The third kappa shape index (κ3) is 10.3. The van der Waals surface area contributed by atoms with Crippen molar-refractivity contribution >= 4 is 24.2 Å². The van der Waals surface area contributed by atoms with Crippen LogP contribution in [0.2, 0.25) is 0 Å². The van der Waals surface area contributed by atoms with Crippen molar-refractivity contribution in [2.24, 2.45) is 0 Å². The van der Waals surface area contributed by atoms with Crippen LogP contribution in [-0.4, -0.2) is 47.4 Å². The second kappa shape index (κ2) is 8.93. The number of hydrogen-bond donors (Lipinski definition) is 4. The molecule has 0 aromatic rings. The van der Waals surface area contributed by atoms with Gasteiger partial charge in [-0.2, -0.15) is 0 Å². The minimum Gasteiger partial charge on any atom is -0.481 e. The molecule has 0 aromatic heterocycles. The molecular weight excluding hydrogens is 278 g/mol. The Labute approximate surface area is 123 Å². The Bertz CT molecular complexity index is 390. The van der Waals surface area contributed by atoms with E-state index in [-0.39, 0.29) is 31.7 Å². The second-order valence-corrected chi connectivity index (χ2v) is 5.64. The minimum absolute atomic E-state index is 0.0816. The lowest BCUT2D eigenvalue weighted by Gasteiger charge is -2.25. The molecule has 0 spiro atoms. The van der Waals surface area contributed by atoms with Gasteiger partial charge in [0.1, 0.15) is 6.04 Å². The highest BCUT2D eigenvalue weighted by atomic mass is 16.4. The van der Waals surface area contributed by atoms with Crippen LogP contribution in [0.15, 0.2) is 0 Å². The molecule has 0 bridgehead atoms. The average molecular weight is 301 g/mol. The molecule has 0 aromatic carbocycles. The summed E-state index contributed by atoms with van der Waals surface area (Å²) in [5.41, 5.74) is -0.464. The lowest BCUT2D eigenvalue weighted by molar-refractivity contribution is -0.137. The van der Waals surface area contributed by atoms with Gasteiger partial charge in [0.25, 0.3) is 0 Å². The lowest BCUT2D eigenvalue weighted by Crippen LogP contribution is -2.53. The normalized spacial score (nSPS) is 12.1. The van der Waals surface area contributed by atoms with Gasteiger partial charge in [0.2, 0.25) is 18.2 Å². The number of carboxylic acid groups (broad SMARTS) is 1. The van der Waals surface area contributed by atoms with Crippen LogP contribution in [0.5, 0.6) is 0 Å². The summed E-state index contributed by atoms with van der Waals surface area (Å²) in [4.78, 5) is 44.3. The molecule has 1 unspecified atom stereocenters. The Balaban J connectivity index is 4.59. The molecule has 8 nitrogen and oxygen atoms in total. The highest BCUT2D eigenvalue weighted by Crippen LogP contribution is 2.05. The van der Waals surface area contributed by atoms with Gasteiger partial charge in [-0.15, -0.1) is 0 Å². The van der Waals surface area contributed by atoms with Crippen molar-refractivity contribution in [3.63, 3.8) is 0 Å². The molecule has 4 N–H and O–H groups in total. The van der Waals surface area contributed by atoms with Crippen molar-refractivity contribution in [1.82, 2.24) is 16.0 Å². The monoisotopic (exact) mass is 301 g/mol. The summed E-state index contributed by atoms with van der Waals surface area (Å²) in [6.45, 7) is 5.17. The lowest BCUT2D eigenvalue weighted by atomic mass is 10.0. The number of nitrogens with one attached hydrogen (secondary N) is 3. The third-order valence-corrected chi connectivity index (χ3v) is 2.38. The van der Waals surface area contributed by atoms with E-state index < -0.39 is 23.5 Å². The number of carbonyl (C=O) groups excluding carboxylic acids is 3. The standard InChI is InChI=1S/C13H23N3O5/c1-13(2,3)16-12(21)9(5-4-6-11(19)20)15-10(18)7-14-8-17/h8-9H,4-7H2,1-3H3,(H,14,17)(H,15,18)(H,16,21)(H,19,20). The Morgan fingerprint density at radius 2 is 1.86 bits per heavy atom. The van der Waals surface area contributed by atoms with Crippen LogP contribution in [0.3, 0.4) is 0 Å². The van der Waals surface area contributed by atoms with Crippen molar-refractivity contribution in [3.8, 4) is 0 Å². The molecule has 0 aliphatic carbocycles. The minimum atomic E-state index is -0.959. The molecule has 8 heteroatoms. The fourth-order valence-electron chi connectivity index (χ4n) is 1.56.